The number of likely N-dealkylation sites (tertiary alicyclic amines) is 1. The lowest BCUT2D eigenvalue weighted by atomic mass is 9.76. The van der Waals surface area contributed by atoms with Gasteiger partial charge >= 0.3 is 6.09 Å². The van der Waals surface area contributed by atoms with Crippen LogP contribution in [0.3, 0.4) is 0 Å². The Kier molecular flexibility index (Phi) is 4.86. The molecule has 0 bridgehead atoms. The van der Waals surface area contributed by atoms with Crippen molar-refractivity contribution in [1.82, 2.24) is 10.2 Å². The topological polar surface area (TPSA) is 84.7 Å². The highest BCUT2D eigenvalue weighted by molar-refractivity contribution is 5.80. The molecule has 1 saturated carbocycles. The van der Waals surface area contributed by atoms with Crippen molar-refractivity contribution in [3.05, 3.63) is 0 Å². The minimum atomic E-state index is -0.438. The van der Waals surface area contributed by atoms with E-state index in [1.54, 1.807) is 0 Å². The van der Waals surface area contributed by atoms with Crippen LogP contribution in [0.15, 0.2) is 0 Å². The second kappa shape index (κ2) is 6.43. The first kappa shape index (κ1) is 15.1. The Morgan fingerprint density at radius 3 is 2.70 bits per heavy atom. The van der Waals surface area contributed by atoms with Crippen LogP contribution in [0.2, 0.25) is 0 Å². The fourth-order valence-electron chi connectivity index (χ4n) is 3.40. The van der Waals surface area contributed by atoms with Gasteiger partial charge < -0.3 is 20.7 Å². The molecule has 2 fully saturated rings. The molecule has 6 nitrogen and oxygen atoms in total. The number of carbonyl (C=O) groups excluding carboxylic acids is 2. The highest BCUT2D eigenvalue weighted by Crippen LogP contribution is 2.31. The minimum Gasteiger partial charge on any atom is -0.453 e. The van der Waals surface area contributed by atoms with Crippen LogP contribution in [0.1, 0.15) is 32.6 Å². The number of nitrogens with zero attached hydrogens (tertiary/aromatic N) is 1. The molecule has 6 heteroatoms. The third-order valence-electron chi connectivity index (χ3n) is 4.56. The predicted octanol–water partition coefficient (Wildman–Crippen LogP) is 0.707. The van der Waals surface area contributed by atoms with Crippen LogP contribution in [0.5, 0.6) is 0 Å². The van der Waals surface area contributed by atoms with Crippen molar-refractivity contribution in [1.29, 1.82) is 0 Å². The molecule has 4 atom stereocenters. The Bertz CT molecular complexity index is 365. The second-order valence-electron chi connectivity index (χ2n) is 6.00. The Balaban J connectivity index is 1.92. The molecule has 1 aliphatic heterocycles. The fourth-order valence-corrected chi connectivity index (χ4v) is 3.40. The van der Waals surface area contributed by atoms with E-state index in [1.165, 1.54) is 7.11 Å². The third-order valence-corrected chi connectivity index (χ3v) is 4.56. The second-order valence-corrected chi connectivity index (χ2v) is 6.00. The summed E-state index contributed by atoms with van der Waals surface area (Å²) in [5, 5.41) is 2.75. The Morgan fingerprint density at radius 2 is 2.05 bits per heavy atom. The van der Waals surface area contributed by atoms with Gasteiger partial charge in [-0.05, 0) is 25.2 Å². The number of rotatable bonds is 2. The van der Waals surface area contributed by atoms with E-state index >= 15 is 0 Å². The number of ether oxygens (including phenoxy) is 1. The number of alkyl carbamates (subject to hydrolysis) is 1. The molecular formula is C14H25N3O3. The summed E-state index contributed by atoms with van der Waals surface area (Å²) >= 11 is 0. The Hall–Kier alpha value is -1.30. The SMILES string of the molecule is COC(=O)NC1CCN(C(=O)C2C(C)CCCC2N)C1. The molecule has 3 N–H and O–H groups in total. The van der Waals surface area contributed by atoms with E-state index in [2.05, 4.69) is 17.0 Å². The van der Waals surface area contributed by atoms with Crippen LogP contribution in [-0.4, -0.2) is 49.2 Å². The van der Waals surface area contributed by atoms with Crippen LogP contribution in [0.4, 0.5) is 4.79 Å². The first-order valence-corrected chi connectivity index (χ1v) is 7.41. The molecule has 0 aromatic rings. The lowest BCUT2D eigenvalue weighted by Gasteiger charge is -2.35. The van der Waals surface area contributed by atoms with Gasteiger partial charge in [0.05, 0.1) is 19.1 Å². The third kappa shape index (κ3) is 3.23. The summed E-state index contributed by atoms with van der Waals surface area (Å²) in [6, 6.07) is -0.0413. The van der Waals surface area contributed by atoms with E-state index in [0.29, 0.717) is 19.0 Å². The van der Waals surface area contributed by atoms with E-state index in [4.69, 9.17) is 5.73 Å². The summed E-state index contributed by atoms with van der Waals surface area (Å²) in [5.74, 6) is 0.429. The largest absolute Gasteiger partial charge is 0.453 e. The standard InChI is InChI=1S/C14H25N3O3/c1-9-4-3-5-11(15)12(9)13(18)17-7-6-10(8-17)16-14(19)20-2/h9-12H,3-8,15H2,1-2H3,(H,16,19). The van der Waals surface area contributed by atoms with Gasteiger partial charge in [-0.3, -0.25) is 4.79 Å². The minimum absolute atomic E-state index is 0.0125. The number of nitrogens with two attached hydrogens (primary N) is 1. The van der Waals surface area contributed by atoms with Crippen molar-refractivity contribution in [2.75, 3.05) is 20.2 Å². The van der Waals surface area contributed by atoms with E-state index in [1.807, 2.05) is 4.90 Å². The zero-order valence-electron chi connectivity index (χ0n) is 12.3. The van der Waals surface area contributed by atoms with Gasteiger partial charge in [-0.1, -0.05) is 13.3 Å². The van der Waals surface area contributed by atoms with Crippen LogP contribution in [0.25, 0.3) is 0 Å². The van der Waals surface area contributed by atoms with Crippen LogP contribution in [0, 0.1) is 11.8 Å². The zero-order valence-corrected chi connectivity index (χ0v) is 12.3. The maximum absolute atomic E-state index is 12.6. The van der Waals surface area contributed by atoms with E-state index in [-0.39, 0.29) is 23.9 Å². The molecule has 1 heterocycles. The fraction of sp³-hybridized carbons (Fsp3) is 0.857. The van der Waals surface area contributed by atoms with Crippen molar-refractivity contribution >= 4 is 12.0 Å². The Morgan fingerprint density at radius 1 is 1.30 bits per heavy atom. The summed E-state index contributed by atoms with van der Waals surface area (Å²) in [7, 11) is 1.34. The number of carbonyl (C=O) groups is 2. The molecule has 2 rings (SSSR count). The normalized spacial score (nSPS) is 33.9. The average Bonchev–Trinajstić information content (AvgIpc) is 2.86. The van der Waals surface area contributed by atoms with E-state index < -0.39 is 6.09 Å². The first-order chi connectivity index (χ1) is 9.52. The highest BCUT2D eigenvalue weighted by atomic mass is 16.5. The molecule has 4 unspecified atom stereocenters. The van der Waals surface area contributed by atoms with Gasteiger partial charge in [0.1, 0.15) is 0 Å². The molecule has 0 radical (unpaired) electrons. The van der Waals surface area contributed by atoms with Gasteiger partial charge in [0.2, 0.25) is 5.91 Å². The molecule has 114 valence electrons. The van der Waals surface area contributed by atoms with Gasteiger partial charge in [0.25, 0.3) is 0 Å². The van der Waals surface area contributed by atoms with Gasteiger partial charge in [-0.25, -0.2) is 4.79 Å². The van der Waals surface area contributed by atoms with Crippen molar-refractivity contribution in [2.24, 2.45) is 17.6 Å². The van der Waals surface area contributed by atoms with Crippen molar-refractivity contribution in [2.45, 2.75) is 44.7 Å². The molecule has 1 saturated heterocycles. The van der Waals surface area contributed by atoms with Gasteiger partial charge in [0, 0.05) is 19.1 Å². The maximum Gasteiger partial charge on any atom is 0.407 e. The number of nitrogens with one attached hydrogen (secondary N) is 1. The van der Waals surface area contributed by atoms with E-state index in [0.717, 1.165) is 25.7 Å². The highest BCUT2D eigenvalue weighted by Gasteiger charge is 2.38. The van der Waals surface area contributed by atoms with Gasteiger partial charge in [-0.15, -0.1) is 0 Å². The first-order valence-electron chi connectivity index (χ1n) is 7.41. The van der Waals surface area contributed by atoms with Crippen molar-refractivity contribution < 1.29 is 14.3 Å². The van der Waals surface area contributed by atoms with Crippen LogP contribution in [-0.2, 0) is 9.53 Å². The zero-order chi connectivity index (χ0) is 14.7. The number of amides is 2. The summed E-state index contributed by atoms with van der Waals surface area (Å²) in [4.78, 5) is 25.7. The molecular weight excluding hydrogens is 258 g/mol. The smallest absolute Gasteiger partial charge is 0.407 e. The number of hydrogen-bond acceptors (Lipinski definition) is 4. The number of hydrogen-bond donors (Lipinski definition) is 2. The summed E-state index contributed by atoms with van der Waals surface area (Å²) in [5.41, 5.74) is 6.14. The average molecular weight is 283 g/mol. The van der Waals surface area contributed by atoms with Crippen LogP contribution >= 0.6 is 0 Å². The van der Waals surface area contributed by atoms with Crippen LogP contribution < -0.4 is 11.1 Å². The lowest BCUT2D eigenvalue weighted by Crippen LogP contribution is -2.49. The lowest BCUT2D eigenvalue weighted by molar-refractivity contribution is -0.137. The van der Waals surface area contributed by atoms with Crippen molar-refractivity contribution in [3.63, 3.8) is 0 Å². The predicted molar refractivity (Wildman–Crippen MR) is 75.0 cm³/mol. The molecule has 2 amide bonds. The van der Waals surface area contributed by atoms with Gasteiger partial charge in [-0.2, -0.15) is 0 Å². The summed E-state index contributed by atoms with van der Waals surface area (Å²) in [6.45, 7) is 3.36. The van der Waals surface area contributed by atoms with Gasteiger partial charge in [0.15, 0.2) is 0 Å². The quantitative estimate of drug-likeness (QED) is 0.781. The molecule has 20 heavy (non-hydrogen) atoms. The monoisotopic (exact) mass is 283 g/mol. The summed E-state index contributed by atoms with van der Waals surface area (Å²) < 4.78 is 4.58. The summed E-state index contributed by atoms with van der Waals surface area (Å²) in [6.07, 6.45) is 3.45. The van der Waals surface area contributed by atoms with E-state index in [9.17, 15) is 9.59 Å². The molecule has 2 aliphatic rings. The molecule has 0 aromatic heterocycles. The molecule has 0 aromatic carbocycles. The Labute approximate surface area is 120 Å². The molecule has 0 spiro atoms. The number of methoxy groups -OCH3 is 1. The maximum atomic E-state index is 12.6. The molecule has 1 aliphatic carbocycles. The van der Waals surface area contributed by atoms with Crippen molar-refractivity contribution in [3.8, 4) is 0 Å².